The summed E-state index contributed by atoms with van der Waals surface area (Å²) in [5.41, 5.74) is 2.66. The third-order valence-corrected chi connectivity index (χ3v) is 5.41. The van der Waals surface area contributed by atoms with E-state index < -0.39 is 11.9 Å². The van der Waals surface area contributed by atoms with Crippen LogP contribution in [0.1, 0.15) is 37.1 Å². The number of nitrogens with two attached hydrogens (primary N) is 1. The molecule has 0 amide bonds. The molecule has 32 heavy (non-hydrogen) atoms. The molecule has 0 spiro atoms. The normalized spacial score (nSPS) is 16.8. The summed E-state index contributed by atoms with van der Waals surface area (Å²) in [5.74, 6) is 6.86. The minimum absolute atomic E-state index is 0.143. The first kappa shape index (κ1) is 23.8. The fourth-order valence-electron chi connectivity index (χ4n) is 3.77. The Morgan fingerprint density at radius 1 is 1.19 bits per heavy atom. The maximum Gasteiger partial charge on any atom is 0.433 e. The molecule has 1 aliphatic heterocycles. The smallest absolute Gasteiger partial charge is 0.433 e. The van der Waals surface area contributed by atoms with Crippen LogP contribution in [0.25, 0.3) is 0 Å². The van der Waals surface area contributed by atoms with Gasteiger partial charge in [0.2, 0.25) is 0 Å². The highest BCUT2D eigenvalue weighted by Gasteiger charge is 2.34. The number of nitrogens with zero attached hydrogens (tertiary/aromatic N) is 4. The van der Waals surface area contributed by atoms with Crippen molar-refractivity contribution < 1.29 is 18.3 Å². The van der Waals surface area contributed by atoms with Gasteiger partial charge in [0.15, 0.2) is 0 Å². The molecule has 0 bridgehead atoms. The number of unbranched alkanes of at least 4 members (excludes halogenated alkanes) is 1. The van der Waals surface area contributed by atoms with Gasteiger partial charge in [-0.3, -0.25) is 9.89 Å². The van der Waals surface area contributed by atoms with Gasteiger partial charge in [0.05, 0.1) is 6.04 Å². The number of hydrogen-bond acceptors (Lipinski definition) is 6. The third kappa shape index (κ3) is 5.89. The molecule has 1 aliphatic rings. The molecule has 2 aromatic rings. The van der Waals surface area contributed by atoms with Crippen molar-refractivity contribution in [2.24, 2.45) is 10.8 Å². The van der Waals surface area contributed by atoms with Gasteiger partial charge in [0.25, 0.3) is 0 Å². The Morgan fingerprint density at radius 3 is 2.53 bits per heavy atom. The van der Waals surface area contributed by atoms with E-state index in [0.29, 0.717) is 44.4 Å². The number of phenolic OH excluding ortho intramolecular Hbond substituents is 1. The van der Waals surface area contributed by atoms with Gasteiger partial charge in [-0.05, 0) is 36.2 Å². The van der Waals surface area contributed by atoms with Gasteiger partial charge >= 0.3 is 6.18 Å². The Bertz CT molecular complexity index is 913. The number of hydrogen-bond donors (Lipinski definition) is 3. The number of aliphatic imine (C=N–C) groups is 1. The van der Waals surface area contributed by atoms with Crippen LogP contribution in [0.5, 0.6) is 5.75 Å². The van der Waals surface area contributed by atoms with Crippen LogP contribution in [0.15, 0.2) is 47.5 Å². The van der Waals surface area contributed by atoms with Crippen molar-refractivity contribution in [2.75, 3.05) is 37.6 Å². The minimum atomic E-state index is -4.48. The molecule has 0 radical (unpaired) electrons. The summed E-state index contributed by atoms with van der Waals surface area (Å²) in [6.07, 6.45) is -2.55. The SMILES string of the molecule is CCCCN=C(NN)C(c1cccc(O)c1)N1CCN(c2cccc(C(F)(F)F)n2)CC1. The van der Waals surface area contributed by atoms with Gasteiger partial charge in [-0.1, -0.05) is 31.5 Å². The van der Waals surface area contributed by atoms with Crippen molar-refractivity contribution in [1.82, 2.24) is 15.3 Å². The zero-order chi connectivity index (χ0) is 23.1. The summed E-state index contributed by atoms with van der Waals surface area (Å²) in [6, 6.07) is 10.6. The first-order valence-electron chi connectivity index (χ1n) is 10.7. The van der Waals surface area contributed by atoms with E-state index in [-0.39, 0.29) is 11.8 Å². The largest absolute Gasteiger partial charge is 0.508 e. The molecule has 1 fully saturated rings. The van der Waals surface area contributed by atoms with Crippen LogP contribution in [-0.4, -0.2) is 53.5 Å². The number of nitrogens with one attached hydrogen (secondary N) is 1. The van der Waals surface area contributed by atoms with E-state index in [1.165, 1.54) is 6.07 Å². The number of pyridine rings is 1. The second-order valence-corrected chi connectivity index (χ2v) is 7.66. The zero-order valence-corrected chi connectivity index (χ0v) is 18.0. The minimum Gasteiger partial charge on any atom is -0.508 e. The zero-order valence-electron chi connectivity index (χ0n) is 18.0. The van der Waals surface area contributed by atoms with Crippen molar-refractivity contribution >= 4 is 11.7 Å². The molecule has 1 atom stereocenters. The van der Waals surface area contributed by atoms with Crippen molar-refractivity contribution in [3.05, 3.63) is 53.7 Å². The molecule has 1 saturated heterocycles. The average Bonchev–Trinajstić information content (AvgIpc) is 2.78. The molecule has 1 aromatic carbocycles. The van der Waals surface area contributed by atoms with Crippen molar-refractivity contribution in [3.8, 4) is 5.75 Å². The number of aromatic hydroxyl groups is 1. The van der Waals surface area contributed by atoms with Gasteiger partial charge < -0.3 is 15.4 Å². The molecule has 3 rings (SSSR count). The summed E-state index contributed by atoms with van der Waals surface area (Å²) < 4.78 is 39.1. The number of hydrazine groups is 1. The van der Waals surface area contributed by atoms with Crippen LogP contribution in [0.2, 0.25) is 0 Å². The summed E-state index contributed by atoms with van der Waals surface area (Å²) in [6.45, 7) is 4.82. The van der Waals surface area contributed by atoms with Crippen LogP contribution in [0.3, 0.4) is 0 Å². The molecular weight excluding hydrogens is 421 g/mol. The van der Waals surface area contributed by atoms with E-state index >= 15 is 0 Å². The number of phenols is 1. The van der Waals surface area contributed by atoms with Gasteiger partial charge in [0.1, 0.15) is 23.1 Å². The number of anilines is 1. The van der Waals surface area contributed by atoms with E-state index in [1.54, 1.807) is 24.3 Å². The molecule has 2 heterocycles. The lowest BCUT2D eigenvalue weighted by Crippen LogP contribution is -2.52. The molecule has 0 aliphatic carbocycles. The Labute approximate surface area is 185 Å². The highest BCUT2D eigenvalue weighted by Crippen LogP contribution is 2.30. The third-order valence-electron chi connectivity index (χ3n) is 5.41. The lowest BCUT2D eigenvalue weighted by molar-refractivity contribution is -0.141. The summed E-state index contributed by atoms with van der Waals surface area (Å²) in [4.78, 5) is 12.4. The van der Waals surface area contributed by atoms with E-state index in [0.717, 1.165) is 24.5 Å². The molecule has 7 nitrogen and oxygen atoms in total. The Balaban J connectivity index is 1.80. The second-order valence-electron chi connectivity index (χ2n) is 7.66. The first-order valence-corrected chi connectivity index (χ1v) is 10.7. The van der Waals surface area contributed by atoms with E-state index in [2.05, 4.69) is 27.2 Å². The molecule has 0 saturated carbocycles. The number of piperazine rings is 1. The van der Waals surface area contributed by atoms with Crippen LogP contribution < -0.4 is 16.2 Å². The van der Waals surface area contributed by atoms with E-state index in [1.807, 2.05) is 11.0 Å². The predicted molar refractivity (Wildman–Crippen MR) is 118 cm³/mol. The maximum absolute atomic E-state index is 13.0. The highest BCUT2D eigenvalue weighted by molar-refractivity contribution is 5.88. The lowest BCUT2D eigenvalue weighted by Gasteiger charge is -2.40. The van der Waals surface area contributed by atoms with Gasteiger partial charge in [0, 0.05) is 32.7 Å². The van der Waals surface area contributed by atoms with Gasteiger partial charge in [-0.25, -0.2) is 10.8 Å². The molecule has 4 N–H and O–H groups in total. The van der Waals surface area contributed by atoms with Crippen LogP contribution in [-0.2, 0) is 6.18 Å². The number of aromatic nitrogens is 1. The van der Waals surface area contributed by atoms with Crippen LogP contribution in [0, 0.1) is 0 Å². The summed E-state index contributed by atoms with van der Waals surface area (Å²) >= 11 is 0. The molecule has 1 aromatic heterocycles. The van der Waals surface area contributed by atoms with E-state index in [9.17, 15) is 18.3 Å². The monoisotopic (exact) mass is 450 g/mol. The topological polar surface area (TPSA) is 90.0 Å². The first-order chi connectivity index (χ1) is 15.3. The standard InChI is InChI=1S/C22H29F3N6O/c1-2-3-10-27-21(29-26)20(16-6-4-7-17(32)15-16)31-13-11-30(12-14-31)19-9-5-8-18(28-19)22(23,24)25/h4-9,15,20,32H,2-3,10-14,26H2,1H3,(H,27,29). The molecule has 1 unspecified atom stereocenters. The maximum atomic E-state index is 13.0. The lowest BCUT2D eigenvalue weighted by atomic mass is 10.0. The Kier molecular flexibility index (Phi) is 7.92. The quantitative estimate of drug-likeness (QED) is 0.197. The number of alkyl halides is 3. The fourth-order valence-corrected chi connectivity index (χ4v) is 3.77. The number of halogens is 3. The predicted octanol–water partition coefficient (Wildman–Crippen LogP) is 3.33. The molecule has 174 valence electrons. The van der Waals surface area contributed by atoms with Gasteiger partial charge in [-0.15, -0.1) is 0 Å². The summed E-state index contributed by atoms with van der Waals surface area (Å²) in [7, 11) is 0. The Hall–Kier alpha value is -2.85. The number of benzene rings is 1. The number of rotatable bonds is 7. The molecule has 10 heteroatoms. The highest BCUT2D eigenvalue weighted by atomic mass is 19.4. The van der Waals surface area contributed by atoms with Crippen LogP contribution in [0.4, 0.5) is 19.0 Å². The number of amidine groups is 1. The van der Waals surface area contributed by atoms with Crippen molar-refractivity contribution in [2.45, 2.75) is 32.0 Å². The van der Waals surface area contributed by atoms with Crippen molar-refractivity contribution in [1.29, 1.82) is 0 Å². The summed E-state index contributed by atoms with van der Waals surface area (Å²) in [5, 5.41) is 9.99. The average molecular weight is 451 g/mol. The molecular formula is C22H29F3N6O. The van der Waals surface area contributed by atoms with Crippen molar-refractivity contribution in [3.63, 3.8) is 0 Å². The van der Waals surface area contributed by atoms with E-state index in [4.69, 9.17) is 5.84 Å². The van der Waals surface area contributed by atoms with Crippen LogP contribution >= 0.6 is 0 Å². The van der Waals surface area contributed by atoms with Gasteiger partial charge in [-0.2, -0.15) is 13.2 Å². The second kappa shape index (κ2) is 10.6. The Morgan fingerprint density at radius 2 is 1.91 bits per heavy atom. The fraction of sp³-hybridized carbons (Fsp3) is 0.455.